The van der Waals surface area contributed by atoms with Crippen LogP contribution in [0, 0.1) is 6.92 Å². The molecule has 0 bridgehead atoms. The van der Waals surface area contributed by atoms with E-state index in [1.807, 2.05) is 30.3 Å². The van der Waals surface area contributed by atoms with Crippen LogP contribution in [-0.4, -0.2) is 40.8 Å². The van der Waals surface area contributed by atoms with Gasteiger partial charge in [-0.3, -0.25) is 9.48 Å². The van der Waals surface area contributed by atoms with Crippen LogP contribution in [0.3, 0.4) is 0 Å². The molecule has 0 unspecified atom stereocenters. The molecule has 0 spiro atoms. The van der Waals surface area contributed by atoms with Gasteiger partial charge in [-0.2, -0.15) is 5.10 Å². The molecule has 0 saturated heterocycles. The highest BCUT2D eigenvalue weighted by Crippen LogP contribution is 2.35. The Balaban J connectivity index is 1.74. The Morgan fingerprint density at radius 1 is 1.16 bits per heavy atom. The molecule has 162 valence electrons. The smallest absolute Gasteiger partial charge is 0.350 e. The summed E-state index contributed by atoms with van der Waals surface area (Å²) in [5.41, 5.74) is 1.68. The number of amides is 1. The molecule has 2 aromatic heterocycles. The van der Waals surface area contributed by atoms with Crippen molar-refractivity contribution in [2.24, 2.45) is 7.05 Å². The molecule has 0 saturated carbocycles. The van der Waals surface area contributed by atoms with Crippen molar-refractivity contribution in [2.45, 2.75) is 13.8 Å². The Bertz CT molecular complexity index is 1120. The van der Waals surface area contributed by atoms with E-state index in [1.54, 1.807) is 27.0 Å². The lowest BCUT2D eigenvalue weighted by Gasteiger charge is -2.07. The van der Waals surface area contributed by atoms with Crippen molar-refractivity contribution in [3.05, 3.63) is 57.7 Å². The fourth-order valence-electron chi connectivity index (χ4n) is 2.83. The van der Waals surface area contributed by atoms with E-state index >= 15 is 0 Å². The first-order chi connectivity index (χ1) is 14.8. The van der Waals surface area contributed by atoms with E-state index in [4.69, 9.17) is 21.1 Å². The number of esters is 2. The molecule has 0 fully saturated rings. The lowest BCUT2D eigenvalue weighted by Crippen LogP contribution is -2.22. The highest BCUT2D eigenvalue weighted by atomic mass is 35.5. The van der Waals surface area contributed by atoms with Crippen LogP contribution in [0.5, 0.6) is 0 Å². The summed E-state index contributed by atoms with van der Waals surface area (Å²) in [7, 11) is 1.59. The maximum absolute atomic E-state index is 12.4. The van der Waals surface area contributed by atoms with Crippen molar-refractivity contribution in [3.63, 3.8) is 0 Å². The Labute approximate surface area is 187 Å². The van der Waals surface area contributed by atoms with Crippen molar-refractivity contribution < 1.29 is 23.9 Å². The SMILES string of the molecule is CCOC(=O)c1sc(-c2ccccc2)cc1NC(=O)COC(=O)c1c(C)nn(C)c1Cl. The molecule has 2 heterocycles. The zero-order valence-electron chi connectivity index (χ0n) is 17.1. The number of nitrogens with zero attached hydrogens (tertiary/aromatic N) is 2. The molecule has 1 amide bonds. The maximum Gasteiger partial charge on any atom is 0.350 e. The van der Waals surface area contributed by atoms with Crippen molar-refractivity contribution in [2.75, 3.05) is 18.5 Å². The number of rotatable bonds is 7. The van der Waals surface area contributed by atoms with Crippen molar-refractivity contribution >= 4 is 46.5 Å². The number of carbonyl (C=O) groups is 3. The van der Waals surface area contributed by atoms with Gasteiger partial charge >= 0.3 is 11.9 Å². The molecule has 1 N–H and O–H groups in total. The molecule has 0 aliphatic heterocycles. The molecule has 8 nitrogen and oxygen atoms in total. The van der Waals surface area contributed by atoms with Gasteiger partial charge in [-0.25, -0.2) is 9.59 Å². The lowest BCUT2D eigenvalue weighted by atomic mass is 10.2. The minimum Gasteiger partial charge on any atom is -0.462 e. The monoisotopic (exact) mass is 461 g/mol. The van der Waals surface area contributed by atoms with Gasteiger partial charge in [0.25, 0.3) is 5.91 Å². The summed E-state index contributed by atoms with van der Waals surface area (Å²) in [4.78, 5) is 38.1. The molecule has 10 heteroatoms. The Morgan fingerprint density at radius 3 is 2.48 bits per heavy atom. The van der Waals surface area contributed by atoms with E-state index in [2.05, 4.69) is 10.4 Å². The molecule has 0 aliphatic rings. The average molecular weight is 462 g/mol. The van der Waals surface area contributed by atoms with Crippen LogP contribution in [0.4, 0.5) is 5.69 Å². The number of benzene rings is 1. The third-order valence-electron chi connectivity index (χ3n) is 4.22. The summed E-state index contributed by atoms with van der Waals surface area (Å²) in [6.45, 7) is 2.97. The zero-order valence-corrected chi connectivity index (χ0v) is 18.7. The number of hydrogen-bond donors (Lipinski definition) is 1. The van der Waals surface area contributed by atoms with Gasteiger partial charge in [-0.1, -0.05) is 41.9 Å². The van der Waals surface area contributed by atoms with E-state index in [0.717, 1.165) is 10.4 Å². The number of nitrogens with one attached hydrogen (secondary N) is 1. The fraction of sp³-hybridized carbons (Fsp3) is 0.238. The lowest BCUT2D eigenvalue weighted by molar-refractivity contribution is -0.119. The van der Waals surface area contributed by atoms with Crippen LogP contribution < -0.4 is 5.32 Å². The summed E-state index contributed by atoms with van der Waals surface area (Å²) in [6.07, 6.45) is 0. The molecule has 31 heavy (non-hydrogen) atoms. The first-order valence-electron chi connectivity index (χ1n) is 9.34. The first kappa shape index (κ1) is 22.5. The minimum atomic E-state index is -0.758. The van der Waals surface area contributed by atoms with Gasteiger partial charge in [0.2, 0.25) is 0 Å². The van der Waals surface area contributed by atoms with Crippen LogP contribution >= 0.6 is 22.9 Å². The highest BCUT2D eigenvalue weighted by Gasteiger charge is 2.23. The standard InChI is InChI=1S/C21H20ClN3O5S/c1-4-29-21(28)18-14(10-15(31-18)13-8-6-5-7-9-13)23-16(26)11-30-20(27)17-12(2)24-25(3)19(17)22/h5-10H,4,11H2,1-3H3,(H,23,26). The van der Waals surface area contributed by atoms with Crippen molar-refractivity contribution in [3.8, 4) is 10.4 Å². The molecular formula is C21H20ClN3O5S. The Hall–Kier alpha value is -3.17. The van der Waals surface area contributed by atoms with Crippen LogP contribution in [0.2, 0.25) is 5.15 Å². The number of ether oxygens (including phenoxy) is 2. The van der Waals surface area contributed by atoms with Gasteiger partial charge in [-0.05, 0) is 25.5 Å². The van der Waals surface area contributed by atoms with Crippen LogP contribution in [0.1, 0.15) is 32.6 Å². The summed E-state index contributed by atoms with van der Waals surface area (Å²) >= 11 is 7.25. The van der Waals surface area contributed by atoms with Crippen LogP contribution in [0.15, 0.2) is 36.4 Å². The van der Waals surface area contributed by atoms with E-state index in [1.165, 1.54) is 16.0 Å². The number of carbonyl (C=O) groups excluding carboxylic acids is 3. The number of thiophene rings is 1. The summed E-state index contributed by atoms with van der Waals surface area (Å²) in [5.74, 6) is -1.90. The van der Waals surface area contributed by atoms with Crippen molar-refractivity contribution in [1.82, 2.24) is 9.78 Å². The number of aryl methyl sites for hydroxylation is 2. The summed E-state index contributed by atoms with van der Waals surface area (Å²) in [6, 6.07) is 11.1. The second-order valence-corrected chi connectivity index (χ2v) is 7.85. The van der Waals surface area contributed by atoms with E-state index in [9.17, 15) is 14.4 Å². The first-order valence-corrected chi connectivity index (χ1v) is 10.5. The van der Waals surface area contributed by atoms with Gasteiger partial charge in [0.15, 0.2) is 6.61 Å². The number of halogens is 1. The molecule has 1 aromatic carbocycles. The number of aromatic nitrogens is 2. The highest BCUT2D eigenvalue weighted by molar-refractivity contribution is 7.18. The third-order valence-corrected chi connectivity index (χ3v) is 5.81. The van der Waals surface area contributed by atoms with Crippen LogP contribution in [-0.2, 0) is 21.3 Å². The van der Waals surface area contributed by atoms with E-state index in [0.29, 0.717) is 11.4 Å². The maximum atomic E-state index is 12.4. The van der Waals surface area contributed by atoms with E-state index in [-0.39, 0.29) is 22.2 Å². The van der Waals surface area contributed by atoms with Gasteiger partial charge in [-0.15, -0.1) is 11.3 Å². The Morgan fingerprint density at radius 2 is 1.87 bits per heavy atom. The number of anilines is 1. The topological polar surface area (TPSA) is 99.5 Å². The minimum absolute atomic E-state index is 0.103. The predicted octanol–water partition coefficient (Wildman–Crippen LogP) is 4.08. The number of hydrogen-bond acceptors (Lipinski definition) is 7. The fourth-order valence-corrected chi connectivity index (χ4v) is 4.09. The second kappa shape index (κ2) is 9.76. The third kappa shape index (κ3) is 5.12. The average Bonchev–Trinajstić information content (AvgIpc) is 3.27. The van der Waals surface area contributed by atoms with Gasteiger partial charge in [0, 0.05) is 11.9 Å². The second-order valence-electron chi connectivity index (χ2n) is 6.44. The normalized spacial score (nSPS) is 10.6. The zero-order chi connectivity index (χ0) is 22.5. The molecule has 0 radical (unpaired) electrons. The summed E-state index contributed by atoms with van der Waals surface area (Å²) in [5, 5.41) is 6.78. The van der Waals surface area contributed by atoms with E-state index < -0.39 is 24.5 Å². The quantitative estimate of drug-likeness (QED) is 0.532. The molecule has 0 atom stereocenters. The van der Waals surface area contributed by atoms with Crippen molar-refractivity contribution in [1.29, 1.82) is 0 Å². The molecule has 3 rings (SSSR count). The van der Waals surface area contributed by atoms with Gasteiger partial charge < -0.3 is 14.8 Å². The van der Waals surface area contributed by atoms with Gasteiger partial charge in [0.1, 0.15) is 15.6 Å². The Kier molecular flexibility index (Phi) is 7.09. The largest absolute Gasteiger partial charge is 0.462 e. The predicted molar refractivity (Wildman–Crippen MR) is 118 cm³/mol. The molecule has 3 aromatic rings. The molecular weight excluding hydrogens is 442 g/mol. The van der Waals surface area contributed by atoms with Crippen LogP contribution in [0.25, 0.3) is 10.4 Å². The van der Waals surface area contributed by atoms with Gasteiger partial charge in [0.05, 0.1) is 18.0 Å². The summed E-state index contributed by atoms with van der Waals surface area (Å²) < 4.78 is 11.5. The molecule has 0 aliphatic carbocycles.